The number of carbonyl (C=O) groups is 2. The number of nitrogens with one attached hydrogen (secondary N) is 1. The first-order chi connectivity index (χ1) is 7.11. The minimum Gasteiger partial charge on any atom is -0.478 e. The molecule has 1 saturated carbocycles. The summed E-state index contributed by atoms with van der Waals surface area (Å²) < 4.78 is 0. The first-order valence-corrected chi connectivity index (χ1v) is 5.33. The molecule has 0 saturated heterocycles. The molecular formula is C11H17NO3. The van der Waals surface area contributed by atoms with E-state index in [0.717, 1.165) is 30.9 Å². The summed E-state index contributed by atoms with van der Waals surface area (Å²) in [5.74, 6) is -0.649. The molecule has 0 aromatic heterocycles. The van der Waals surface area contributed by atoms with Gasteiger partial charge in [-0.05, 0) is 18.8 Å². The highest BCUT2D eigenvalue weighted by Gasteiger charge is 2.25. The summed E-state index contributed by atoms with van der Waals surface area (Å²) in [7, 11) is 0. The Morgan fingerprint density at radius 2 is 2.13 bits per heavy atom. The maximum atomic E-state index is 11.3. The molecule has 1 aliphatic carbocycles. The Kier molecular flexibility index (Phi) is 4.34. The van der Waals surface area contributed by atoms with Crippen LogP contribution in [0.3, 0.4) is 0 Å². The van der Waals surface area contributed by atoms with Crippen LogP contribution in [-0.4, -0.2) is 23.0 Å². The van der Waals surface area contributed by atoms with E-state index in [4.69, 9.17) is 5.11 Å². The fourth-order valence-electron chi connectivity index (χ4n) is 1.48. The largest absolute Gasteiger partial charge is 0.478 e. The Labute approximate surface area is 89.4 Å². The van der Waals surface area contributed by atoms with Crippen LogP contribution in [0.1, 0.15) is 32.6 Å². The standard InChI is InChI=1S/C11H17NO3/c1-2-9(7-8-3-4-8)12-10(13)5-6-11(14)15/h5-6,8-9H,2-4,7H2,1H3,(H,12,13)(H,14,15). The van der Waals surface area contributed by atoms with Gasteiger partial charge in [-0.1, -0.05) is 19.8 Å². The van der Waals surface area contributed by atoms with Crippen molar-refractivity contribution in [2.45, 2.75) is 38.6 Å². The zero-order valence-electron chi connectivity index (χ0n) is 8.90. The summed E-state index contributed by atoms with van der Waals surface area (Å²) in [6, 6.07) is 0.184. The van der Waals surface area contributed by atoms with Gasteiger partial charge in [0.25, 0.3) is 0 Å². The molecule has 0 radical (unpaired) electrons. The number of amides is 1. The van der Waals surface area contributed by atoms with E-state index in [1.54, 1.807) is 0 Å². The van der Waals surface area contributed by atoms with Gasteiger partial charge in [0.2, 0.25) is 5.91 Å². The first-order valence-electron chi connectivity index (χ1n) is 5.33. The van der Waals surface area contributed by atoms with Crippen LogP contribution in [0.15, 0.2) is 12.2 Å². The van der Waals surface area contributed by atoms with E-state index in [1.807, 2.05) is 6.92 Å². The highest BCUT2D eigenvalue weighted by atomic mass is 16.4. The highest BCUT2D eigenvalue weighted by molar-refractivity contribution is 5.93. The number of aliphatic carboxylic acids is 1. The Hall–Kier alpha value is -1.32. The van der Waals surface area contributed by atoms with Crippen molar-refractivity contribution in [3.63, 3.8) is 0 Å². The van der Waals surface area contributed by atoms with Gasteiger partial charge in [0, 0.05) is 18.2 Å². The molecule has 2 N–H and O–H groups in total. The van der Waals surface area contributed by atoms with E-state index in [9.17, 15) is 9.59 Å². The smallest absolute Gasteiger partial charge is 0.328 e. The van der Waals surface area contributed by atoms with Crippen LogP contribution in [0.5, 0.6) is 0 Å². The van der Waals surface area contributed by atoms with E-state index >= 15 is 0 Å². The van der Waals surface area contributed by atoms with E-state index < -0.39 is 5.97 Å². The summed E-state index contributed by atoms with van der Waals surface area (Å²) in [6.07, 6.45) is 6.36. The molecule has 0 aromatic carbocycles. The molecule has 0 spiro atoms. The number of hydrogen-bond donors (Lipinski definition) is 2. The number of hydrogen-bond acceptors (Lipinski definition) is 2. The SMILES string of the molecule is CCC(CC1CC1)NC(=O)C=CC(=O)O. The van der Waals surface area contributed by atoms with Crippen LogP contribution in [0.25, 0.3) is 0 Å². The second-order valence-corrected chi connectivity index (χ2v) is 3.96. The van der Waals surface area contributed by atoms with Crippen LogP contribution in [0.2, 0.25) is 0 Å². The van der Waals surface area contributed by atoms with Gasteiger partial charge >= 0.3 is 5.97 Å². The molecule has 0 bridgehead atoms. The average Bonchev–Trinajstić information content (AvgIpc) is 2.97. The topological polar surface area (TPSA) is 66.4 Å². The quantitative estimate of drug-likeness (QED) is 0.651. The molecule has 0 aliphatic heterocycles. The van der Waals surface area contributed by atoms with Crippen molar-refractivity contribution in [2.24, 2.45) is 5.92 Å². The third kappa shape index (κ3) is 5.20. The van der Waals surface area contributed by atoms with E-state index in [1.165, 1.54) is 12.8 Å². The molecule has 84 valence electrons. The van der Waals surface area contributed by atoms with Crippen molar-refractivity contribution < 1.29 is 14.7 Å². The monoisotopic (exact) mass is 211 g/mol. The molecule has 0 heterocycles. The summed E-state index contributed by atoms with van der Waals surface area (Å²) in [5.41, 5.74) is 0. The minimum absolute atomic E-state index is 0.184. The Balaban J connectivity index is 2.29. The molecule has 4 heteroatoms. The van der Waals surface area contributed by atoms with Crippen molar-refractivity contribution in [2.75, 3.05) is 0 Å². The van der Waals surface area contributed by atoms with Gasteiger partial charge in [-0.15, -0.1) is 0 Å². The molecule has 1 fully saturated rings. The van der Waals surface area contributed by atoms with Crippen LogP contribution in [0, 0.1) is 5.92 Å². The van der Waals surface area contributed by atoms with E-state index in [0.29, 0.717) is 0 Å². The lowest BCUT2D eigenvalue weighted by molar-refractivity contribution is -0.131. The zero-order chi connectivity index (χ0) is 11.3. The minimum atomic E-state index is -1.10. The second kappa shape index (κ2) is 5.53. The number of carboxylic acids is 1. The molecule has 0 aromatic rings. The summed E-state index contributed by atoms with van der Waals surface area (Å²) in [6.45, 7) is 2.02. The van der Waals surface area contributed by atoms with E-state index in [-0.39, 0.29) is 11.9 Å². The number of rotatable bonds is 6. The third-order valence-corrected chi connectivity index (χ3v) is 2.53. The van der Waals surface area contributed by atoms with Crippen molar-refractivity contribution in [1.82, 2.24) is 5.32 Å². The normalized spacial score (nSPS) is 17.7. The lowest BCUT2D eigenvalue weighted by Gasteiger charge is -2.14. The molecule has 1 atom stereocenters. The van der Waals surface area contributed by atoms with Crippen LogP contribution in [-0.2, 0) is 9.59 Å². The average molecular weight is 211 g/mol. The van der Waals surface area contributed by atoms with Gasteiger partial charge in [0.05, 0.1) is 0 Å². The third-order valence-electron chi connectivity index (χ3n) is 2.53. The molecule has 15 heavy (non-hydrogen) atoms. The van der Waals surface area contributed by atoms with Gasteiger partial charge < -0.3 is 10.4 Å². The van der Waals surface area contributed by atoms with Crippen LogP contribution in [0.4, 0.5) is 0 Å². The predicted octanol–water partition coefficient (Wildman–Crippen LogP) is 1.32. The molecule has 4 nitrogen and oxygen atoms in total. The van der Waals surface area contributed by atoms with Gasteiger partial charge in [-0.3, -0.25) is 4.79 Å². The van der Waals surface area contributed by atoms with Gasteiger partial charge in [0.15, 0.2) is 0 Å². The second-order valence-electron chi connectivity index (χ2n) is 3.96. The van der Waals surface area contributed by atoms with Gasteiger partial charge in [0.1, 0.15) is 0 Å². The molecular weight excluding hydrogens is 194 g/mol. The fourth-order valence-corrected chi connectivity index (χ4v) is 1.48. The van der Waals surface area contributed by atoms with Crippen molar-refractivity contribution in [3.05, 3.63) is 12.2 Å². The highest BCUT2D eigenvalue weighted by Crippen LogP contribution is 2.33. The molecule has 1 amide bonds. The van der Waals surface area contributed by atoms with Gasteiger partial charge in [-0.2, -0.15) is 0 Å². The predicted molar refractivity (Wildman–Crippen MR) is 56.3 cm³/mol. The Morgan fingerprint density at radius 3 is 2.60 bits per heavy atom. The zero-order valence-corrected chi connectivity index (χ0v) is 8.90. The van der Waals surface area contributed by atoms with Crippen LogP contribution < -0.4 is 5.32 Å². The van der Waals surface area contributed by atoms with Crippen molar-refractivity contribution >= 4 is 11.9 Å². The maximum absolute atomic E-state index is 11.3. The first kappa shape index (κ1) is 11.8. The lowest BCUT2D eigenvalue weighted by atomic mass is 10.1. The Bertz CT molecular complexity index is 269. The summed E-state index contributed by atoms with van der Waals surface area (Å²) in [4.78, 5) is 21.4. The molecule has 1 aliphatic rings. The summed E-state index contributed by atoms with van der Waals surface area (Å²) >= 11 is 0. The van der Waals surface area contributed by atoms with Crippen molar-refractivity contribution in [1.29, 1.82) is 0 Å². The van der Waals surface area contributed by atoms with Crippen molar-refractivity contribution in [3.8, 4) is 0 Å². The lowest BCUT2D eigenvalue weighted by Crippen LogP contribution is -2.33. The van der Waals surface area contributed by atoms with E-state index in [2.05, 4.69) is 5.32 Å². The van der Waals surface area contributed by atoms with Gasteiger partial charge in [-0.25, -0.2) is 4.79 Å². The molecule has 1 unspecified atom stereocenters. The Morgan fingerprint density at radius 1 is 1.47 bits per heavy atom. The molecule has 1 rings (SSSR count). The fraction of sp³-hybridized carbons (Fsp3) is 0.636. The number of carboxylic acid groups (broad SMARTS) is 1. The van der Waals surface area contributed by atoms with Crippen LogP contribution >= 0.6 is 0 Å². The summed E-state index contributed by atoms with van der Waals surface area (Å²) in [5, 5.41) is 11.1. The maximum Gasteiger partial charge on any atom is 0.328 e. The number of carbonyl (C=O) groups excluding carboxylic acids is 1.